The van der Waals surface area contributed by atoms with Crippen LogP contribution in [0.3, 0.4) is 0 Å². The molecule has 3 heterocycles. The number of hydrogen-bond acceptors (Lipinski definition) is 9. The molecule has 3 aromatic heterocycles. The van der Waals surface area contributed by atoms with Crippen molar-refractivity contribution in [2.24, 2.45) is 0 Å². The number of nitrogens with one attached hydrogen (secondary N) is 1. The van der Waals surface area contributed by atoms with E-state index < -0.39 is 23.7 Å². The number of halogens is 4. The molecule has 42 heavy (non-hydrogen) atoms. The molecule has 4 aromatic rings. The molecule has 0 aliphatic heterocycles. The molecule has 5 rings (SSSR count). The van der Waals surface area contributed by atoms with E-state index >= 15 is 4.39 Å². The number of nitrogens with zero attached hydrogens (tertiary/aromatic N) is 6. The van der Waals surface area contributed by atoms with Gasteiger partial charge in [-0.1, -0.05) is 6.07 Å². The van der Waals surface area contributed by atoms with Crippen LogP contribution in [0.4, 0.5) is 23.4 Å². The van der Waals surface area contributed by atoms with Gasteiger partial charge in [-0.05, 0) is 49.6 Å². The fourth-order valence-electron chi connectivity index (χ4n) is 4.29. The van der Waals surface area contributed by atoms with E-state index in [1.54, 1.807) is 6.07 Å². The molecule has 1 aliphatic carbocycles. The third kappa shape index (κ3) is 6.06. The highest BCUT2D eigenvalue weighted by atomic mass is 19.4. The summed E-state index contributed by atoms with van der Waals surface area (Å²) in [6.07, 6.45) is 2.90. The second-order valence-corrected chi connectivity index (χ2v) is 9.49. The molecule has 218 valence electrons. The second-order valence-electron chi connectivity index (χ2n) is 9.49. The Labute approximate surface area is 237 Å². The molecule has 0 saturated heterocycles. The minimum atomic E-state index is -4.65. The van der Waals surface area contributed by atoms with Crippen molar-refractivity contribution < 1.29 is 31.8 Å². The number of rotatable bonds is 9. The van der Waals surface area contributed by atoms with Crippen molar-refractivity contribution in [2.75, 3.05) is 19.5 Å². The van der Waals surface area contributed by atoms with Gasteiger partial charge in [0.05, 0.1) is 19.9 Å². The van der Waals surface area contributed by atoms with Crippen molar-refractivity contribution in [1.29, 1.82) is 0 Å². The number of carbonyl (C=O) groups is 1. The molecule has 1 aliphatic rings. The lowest BCUT2D eigenvalue weighted by Gasteiger charge is -2.14. The van der Waals surface area contributed by atoms with Crippen LogP contribution in [0.1, 0.15) is 47.0 Å². The van der Waals surface area contributed by atoms with Crippen molar-refractivity contribution >= 4 is 17.9 Å². The molecule has 10 nitrogen and oxygen atoms in total. The molecular weight excluding hydrogens is 558 g/mol. The average Bonchev–Trinajstić information content (AvgIpc) is 3.75. The zero-order chi connectivity index (χ0) is 30.0. The first-order chi connectivity index (χ1) is 20.1. The molecule has 1 N–H and O–H groups in total. The number of esters is 1. The smallest absolute Gasteiger partial charge is 0.435 e. The normalized spacial score (nSPS) is 13.4. The van der Waals surface area contributed by atoms with Crippen LogP contribution in [0.2, 0.25) is 0 Å². The van der Waals surface area contributed by atoms with Crippen LogP contribution in [0, 0.1) is 12.7 Å². The minimum Gasteiger partial charge on any atom is -0.480 e. The number of benzene rings is 1. The van der Waals surface area contributed by atoms with Crippen molar-refractivity contribution in [3.63, 3.8) is 0 Å². The van der Waals surface area contributed by atoms with Gasteiger partial charge in [0, 0.05) is 36.0 Å². The number of aromatic nitrogens is 6. The van der Waals surface area contributed by atoms with Crippen LogP contribution in [0.5, 0.6) is 5.88 Å². The Balaban J connectivity index is 1.46. The molecular formula is C28H25F4N7O3. The van der Waals surface area contributed by atoms with E-state index in [1.807, 2.05) is 0 Å². The number of anilines is 1. The van der Waals surface area contributed by atoms with E-state index in [1.165, 1.54) is 58.0 Å². The van der Waals surface area contributed by atoms with Gasteiger partial charge in [0.1, 0.15) is 29.2 Å². The van der Waals surface area contributed by atoms with Gasteiger partial charge in [0.15, 0.2) is 11.5 Å². The monoisotopic (exact) mass is 583 g/mol. The quantitative estimate of drug-likeness (QED) is 0.160. The predicted octanol–water partition coefficient (Wildman–Crippen LogP) is 5.27. The molecule has 1 saturated carbocycles. The third-order valence-corrected chi connectivity index (χ3v) is 6.52. The maximum absolute atomic E-state index is 15.1. The van der Waals surface area contributed by atoms with Crippen LogP contribution >= 0.6 is 0 Å². The molecule has 14 heteroatoms. The van der Waals surface area contributed by atoms with E-state index in [4.69, 9.17) is 4.74 Å². The molecule has 1 fully saturated rings. The van der Waals surface area contributed by atoms with Crippen molar-refractivity contribution in [3.8, 4) is 23.0 Å². The molecule has 0 spiro atoms. The van der Waals surface area contributed by atoms with Crippen LogP contribution in [0.25, 0.3) is 23.2 Å². The van der Waals surface area contributed by atoms with Gasteiger partial charge >= 0.3 is 12.1 Å². The van der Waals surface area contributed by atoms with E-state index in [-0.39, 0.29) is 23.8 Å². The van der Waals surface area contributed by atoms with E-state index in [2.05, 4.69) is 35.1 Å². The third-order valence-electron chi connectivity index (χ3n) is 6.52. The Hall–Kier alpha value is -4.88. The molecule has 0 bridgehead atoms. The first-order valence-electron chi connectivity index (χ1n) is 12.8. The van der Waals surface area contributed by atoms with Crippen LogP contribution < -0.4 is 10.1 Å². The highest BCUT2D eigenvalue weighted by Gasteiger charge is 2.35. The maximum atomic E-state index is 15.1. The van der Waals surface area contributed by atoms with Crippen LogP contribution in [0.15, 0.2) is 42.9 Å². The molecule has 1 aromatic carbocycles. The van der Waals surface area contributed by atoms with E-state index in [9.17, 15) is 18.0 Å². The van der Waals surface area contributed by atoms with Gasteiger partial charge < -0.3 is 14.8 Å². The highest BCUT2D eigenvalue weighted by Crippen LogP contribution is 2.45. The Morgan fingerprint density at radius 2 is 1.95 bits per heavy atom. The molecule has 0 atom stereocenters. The lowest BCUT2D eigenvalue weighted by atomic mass is 10.1. The summed E-state index contributed by atoms with van der Waals surface area (Å²) in [4.78, 5) is 29.5. The topological polar surface area (TPSA) is 117 Å². The summed E-state index contributed by atoms with van der Waals surface area (Å²) in [5, 5.41) is 6.65. The zero-order valence-corrected chi connectivity index (χ0v) is 22.7. The van der Waals surface area contributed by atoms with Crippen LogP contribution in [-0.4, -0.2) is 49.9 Å². The fourth-order valence-corrected chi connectivity index (χ4v) is 4.29. The number of alkyl halides is 3. The van der Waals surface area contributed by atoms with Gasteiger partial charge in [-0.25, -0.2) is 33.8 Å². The van der Waals surface area contributed by atoms with Gasteiger partial charge in [-0.15, -0.1) is 0 Å². The number of carbonyl (C=O) groups excluding carboxylic acids is 1. The summed E-state index contributed by atoms with van der Waals surface area (Å²) in [5.41, 5.74) is 1.14. The lowest BCUT2D eigenvalue weighted by Crippen LogP contribution is -2.09. The molecule has 0 radical (unpaired) electrons. The van der Waals surface area contributed by atoms with E-state index in [0.29, 0.717) is 34.2 Å². The summed E-state index contributed by atoms with van der Waals surface area (Å²) in [7, 11) is 2.74. The lowest BCUT2D eigenvalue weighted by molar-refractivity contribution is -0.141. The first kappa shape index (κ1) is 28.6. The zero-order valence-electron chi connectivity index (χ0n) is 22.7. The average molecular weight is 584 g/mol. The number of ether oxygens (including phenoxy) is 2. The number of methoxy groups -OCH3 is 2. The minimum absolute atomic E-state index is 0.0799. The second kappa shape index (κ2) is 11.5. The maximum Gasteiger partial charge on any atom is 0.435 e. The first-order valence-corrected chi connectivity index (χ1v) is 12.8. The van der Waals surface area contributed by atoms with E-state index in [0.717, 1.165) is 29.3 Å². The fraction of sp³-hybridized carbons (Fsp3) is 0.286. The Bertz CT molecular complexity index is 1670. The van der Waals surface area contributed by atoms with Crippen molar-refractivity contribution in [1.82, 2.24) is 29.7 Å². The predicted molar refractivity (Wildman–Crippen MR) is 143 cm³/mol. The van der Waals surface area contributed by atoms with Crippen molar-refractivity contribution in [2.45, 2.75) is 38.4 Å². The number of aryl methyl sites for hydroxylation is 1. The summed E-state index contributed by atoms with van der Waals surface area (Å²) >= 11 is 0. The molecule has 0 amide bonds. The standard InChI is InChI=1S/C28H25F4N7O3/c1-15-10-21(28(30,31)32)38-39(15)20-8-4-16(11-19(20)29)12-33-25-18(7-9-22(40)41-2)13-34-26(37-25)23-24(17-5-6-17)35-14-36-27(23)42-3/h4,7-11,13-14,17H,5-6,12H2,1-3H3,(H,33,34,37)/b9-7+. The summed E-state index contributed by atoms with van der Waals surface area (Å²) < 4.78 is 65.4. The summed E-state index contributed by atoms with van der Waals surface area (Å²) in [5.74, 6) is -0.180. The van der Waals surface area contributed by atoms with Crippen molar-refractivity contribution in [3.05, 3.63) is 76.9 Å². The Kier molecular flexibility index (Phi) is 7.87. The van der Waals surface area contributed by atoms with Gasteiger partial charge in [0.25, 0.3) is 0 Å². The van der Waals surface area contributed by atoms with Gasteiger partial charge in [-0.3, -0.25) is 0 Å². The van der Waals surface area contributed by atoms with Gasteiger partial charge in [-0.2, -0.15) is 18.3 Å². The largest absolute Gasteiger partial charge is 0.480 e. The summed E-state index contributed by atoms with van der Waals surface area (Å²) in [6, 6.07) is 4.96. The number of hydrogen-bond donors (Lipinski definition) is 1. The molecule has 0 unspecified atom stereocenters. The Morgan fingerprint density at radius 3 is 2.60 bits per heavy atom. The van der Waals surface area contributed by atoms with Crippen LogP contribution in [-0.2, 0) is 22.3 Å². The van der Waals surface area contributed by atoms with Gasteiger partial charge in [0.2, 0.25) is 5.88 Å². The summed E-state index contributed by atoms with van der Waals surface area (Å²) in [6.45, 7) is 1.49. The SMILES string of the molecule is COC(=O)/C=C/c1cnc(-c2c(OC)ncnc2C2CC2)nc1NCc1ccc(-n2nc(C(F)(F)F)cc2C)c(F)c1. The highest BCUT2D eigenvalue weighted by molar-refractivity contribution is 5.88. The Morgan fingerprint density at radius 1 is 1.17 bits per heavy atom.